The van der Waals surface area contributed by atoms with Crippen molar-refractivity contribution in [2.45, 2.75) is 75.8 Å². The molecule has 4 saturated heterocycles. The van der Waals surface area contributed by atoms with Crippen molar-refractivity contribution >= 4 is 58.3 Å². The maximum absolute atomic E-state index is 13.3. The van der Waals surface area contributed by atoms with Gasteiger partial charge in [-0.3, -0.25) is 34.3 Å². The first-order valence-electron chi connectivity index (χ1n) is 24.1. The number of benzene rings is 2. The number of aliphatic hydroxyl groups excluding tert-OH is 1. The van der Waals surface area contributed by atoms with E-state index in [9.17, 15) is 29.4 Å². The van der Waals surface area contributed by atoms with Crippen LogP contribution in [0.25, 0.3) is 0 Å². The van der Waals surface area contributed by atoms with Crippen molar-refractivity contribution in [2.24, 2.45) is 5.92 Å². The van der Waals surface area contributed by atoms with Crippen LogP contribution in [0.3, 0.4) is 0 Å². The van der Waals surface area contributed by atoms with E-state index in [1.165, 1.54) is 5.69 Å². The van der Waals surface area contributed by atoms with E-state index in [0.717, 1.165) is 100 Å². The number of amides is 4. The van der Waals surface area contributed by atoms with E-state index in [1.807, 2.05) is 37.3 Å². The Bertz CT molecular complexity index is 2660. The van der Waals surface area contributed by atoms with E-state index in [1.54, 1.807) is 34.4 Å². The molecule has 0 radical (unpaired) electrons. The number of hydrogen-bond donors (Lipinski definition) is 4. The van der Waals surface area contributed by atoms with E-state index in [2.05, 4.69) is 53.9 Å². The molecular weight excluding hydrogens is 865 g/mol. The molecule has 2 unspecified atom stereocenters. The average molecular weight is 923 g/mol. The Morgan fingerprint density at radius 3 is 2.35 bits per heavy atom. The van der Waals surface area contributed by atoms with E-state index < -0.39 is 35.6 Å². The lowest BCUT2D eigenvalue weighted by Gasteiger charge is -2.46. The molecule has 4 fully saturated rings. The Morgan fingerprint density at radius 1 is 0.868 bits per heavy atom. The maximum Gasteiger partial charge on any atom is 0.262 e. The summed E-state index contributed by atoms with van der Waals surface area (Å²) in [4.78, 5) is 76.0. The zero-order valence-corrected chi connectivity index (χ0v) is 38.4. The number of piperazine rings is 1. The summed E-state index contributed by atoms with van der Waals surface area (Å²) in [6.45, 7) is 15.2. The molecule has 3 atom stereocenters. The molecule has 4 aromatic rings. The lowest BCUT2D eigenvalue weighted by atomic mass is 9.95. The van der Waals surface area contributed by atoms with Crippen LogP contribution in [0.15, 0.2) is 73.4 Å². The summed E-state index contributed by atoms with van der Waals surface area (Å²) >= 11 is 0. The minimum atomic E-state index is -0.989. The quantitative estimate of drug-likeness (QED) is 0.118. The number of aryl methyl sites for hydroxylation is 1. The number of likely N-dealkylation sites (tertiary alicyclic amines) is 1. The maximum atomic E-state index is 13.3. The molecule has 8 heterocycles. The van der Waals surface area contributed by atoms with Crippen LogP contribution in [0.5, 0.6) is 0 Å². The summed E-state index contributed by atoms with van der Waals surface area (Å²) < 4.78 is 0. The SMILES string of the molecule is C=CCN1C(O)c2cnc(Nc3ccc(N4CCN(C5CCN(CC6CN(c7ccc8c(c7)C(=O)N(C7CCC(=O)NC7=O)C8=O)C6)CC5)CC4)cc3)nc2N1c1ccc2c(n1)[C@@](O)(CC)CC2. The van der Waals surface area contributed by atoms with Crippen molar-refractivity contribution in [3.05, 3.63) is 101 Å². The van der Waals surface area contributed by atoms with E-state index in [0.29, 0.717) is 71.3 Å². The van der Waals surface area contributed by atoms with Gasteiger partial charge in [-0.2, -0.15) is 9.99 Å². The highest BCUT2D eigenvalue weighted by molar-refractivity contribution is 6.23. The molecule has 18 nitrogen and oxygen atoms in total. The predicted molar refractivity (Wildman–Crippen MR) is 255 cm³/mol. The first-order chi connectivity index (χ1) is 33.0. The number of aromatic nitrogens is 3. The first-order valence-corrected chi connectivity index (χ1v) is 24.1. The molecule has 354 valence electrons. The van der Waals surface area contributed by atoms with Crippen molar-refractivity contribution < 1.29 is 29.4 Å². The van der Waals surface area contributed by atoms with Gasteiger partial charge in [0.2, 0.25) is 17.8 Å². The number of imide groups is 2. The molecule has 7 aliphatic rings. The van der Waals surface area contributed by atoms with Gasteiger partial charge >= 0.3 is 0 Å². The second kappa shape index (κ2) is 17.6. The highest BCUT2D eigenvalue weighted by Crippen LogP contribution is 2.45. The van der Waals surface area contributed by atoms with Crippen LogP contribution in [0.2, 0.25) is 0 Å². The van der Waals surface area contributed by atoms with Gasteiger partial charge in [-0.1, -0.05) is 19.1 Å². The lowest BCUT2D eigenvalue weighted by molar-refractivity contribution is -0.136. The molecule has 11 rings (SSSR count). The number of hydrogen-bond acceptors (Lipinski definition) is 16. The van der Waals surface area contributed by atoms with E-state index in [4.69, 9.17) is 9.97 Å². The Kier molecular flexibility index (Phi) is 11.5. The summed E-state index contributed by atoms with van der Waals surface area (Å²) in [5, 5.41) is 31.8. The van der Waals surface area contributed by atoms with Crippen molar-refractivity contribution in [1.29, 1.82) is 0 Å². The molecule has 18 heteroatoms. The van der Waals surface area contributed by atoms with Gasteiger partial charge in [0.05, 0.1) is 22.4 Å². The molecule has 0 saturated carbocycles. The standard InChI is InChI=1S/C50H58N12O6/c1-3-19-60-46(65)39-27-51-49(55-44(39)62(60)41-13-5-32-15-18-50(68,4-2)43(32)53-41)52-33-6-8-34(9-7-33)57-22-24-58(25-23-57)35-16-20-56(21-17-35)28-31-29-59(30-31)36-10-11-37-38(26-36)48(67)61(47(37)66)40-12-14-42(63)54-45(40)64/h3,5-11,13,26-27,31,35,40,46,65,68H,1,4,12,14-25,28-30H2,2H3,(H,51,52,55)(H,54,63,64)/t40?,46?,50-/m1/s1. The Balaban J connectivity index is 0.645. The minimum absolute atomic E-state index is 0.0976. The predicted octanol–water partition coefficient (Wildman–Crippen LogP) is 3.83. The third-order valence-electron chi connectivity index (χ3n) is 15.3. The van der Waals surface area contributed by atoms with Gasteiger partial charge in [-0.25, -0.2) is 15.0 Å². The highest BCUT2D eigenvalue weighted by atomic mass is 16.3. The number of carbonyl (C=O) groups is 4. The minimum Gasteiger partial charge on any atom is -0.384 e. The van der Waals surface area contributed by atoms with Crippen LogP contribution in [-0.2, 0) is 21.6 Å². The fourth-order valence-corrected chi connectivity index (χ4v) is 11.4. The van der Waals surface area contributed by atoms with E-state index in [-0.39, 0.29) is 18.7 Å². The average Bonchev–Trinajstić information content (AvgIpc) is 3.91. The van der Waals surface area contributed by atoms with E-state index >= 15 is 0 Å². The normalized spacial score (nSPS) is 24.9. The molecule has 0 spiro atoms. The second-order valence-electron chi connectivity index (χ2n) is 19.3. The lowest BCUT2D eigenvalue weighted by Crippen LogP contribution is -2.55. The number of carbonyl (C=O) groups excluding carboxylic acids is 4. The van der Waals surface area contributed by atoms with Gasteiger partial charge in [0.25, 0.3) is 11.8 Å². The van der Waals surface area contributed by atoms with Crippen molar-refractivity contribution in [3.63, 3.8) is 0 Å². The van der Waals surface area contributed by atoms with Crippen LogP contribution in [0.4, 0.5) is 34.6 Å². The molecule has 0 bridgehead atoms. The largest absolute Gasteiger partial charge is 0.384 e. The fourth-order valence-electron chi connectivity index (χ4n) is 11.4. The zero-order valence-electron chi connectivity index (χ0n) is 38.4. The molecule has 1 aliphatic carbocycles. The summed E-state index contributed by atoms with van der Waals surface area (Å²) in [6.07, 6.45) is 6.92. The Hall–Kier alpha value is -6.31. The van der Waals surface area contributed by atoms with Crippen molar-refractivity contribution in [3.8, 4) is 0 Å². The van der Waals surface area contributed by atoms with Crippen LogP contribution in [0, 0.1) is 5.92 Å². The van der Waals surface area contributed by atoms with Crippen molar-refractivity contribution in [1.82, 2.24) is 40.0 Å². The molecule has 4 N–H and O–H groups in total. The number of rotatable bonds is 12. The third kappa shape index (κ3) is 7.86. The highest BCUT2D eigenvalue weighted by Gasteiger charge is 2.46. The van der Waals surface area contributed by atoms with Gasteiger partial charge in [0, 0.05) is 94.0 Å². The number of nitrogens with one attached hydrogen (secondary N) is 2. The number of aliphatic hydroxyl groups is 2. The third-order valence-corrected chi connectivity index (χ3v) is 15.3. The molecular formula is C50H58N12O6. The molecule has 68 heavy (non-hydrogen) atoms. The van der Waals surface area contributed by atoms with Gasteiger partial charge in [-0.15, -0.1) is 6.58 Å². The summed E-state index contributed by atoms with van der Waals surface area (Å²) in [7, 11) is 0. The van der Waals surface area contributed by atoms with Crippen LogP contribution < -0.4 is 25.4 Å². The second-order valence-corrected chi connectivity index (χ2v) is 19.3. The summed E-state index contributed by atoms with van der Waals surface area (Å²) in [5.41, 5.74) is 4.87. The summed E-state index contributed by atoms with van der Waals surface area (Å²) in [5.74, 6) is 0.0661. The zero-order chi connectivity index (χ0) is 46.8. The van der Waals surface area contributed by atoms with Gasteiger partial charge in [-0.05, 0) is 106 Å². The monoisotopic (exact) mass is 922 g/mol. The smallest absolute Gasteiger partial charge is 0.262 e. The van der Waals surface area contributed by atoms with Gasteiger partial charge < -0.3 is 30.2 Å². The molecule has 4 amide bonds. The first kappa shape index (κ1) is 44.2. The fraction of sp³-hybridized carbons (Fsp3) is 0.460. The summed E-state index contributed by atoms with van der Waals surface area (Å²) in [6, 6.07) is 17.3. The number of nitrogens with zero attached hydrogens (tertiary/aromatic N) is 10. The van der Waals surface area contributed by atoms with Crippen molar-refractivity contribution in [2.75, 3.05) is 85.6 Å². The number of fused-ring (bicyclic) bond motifs is 3. The van der Waals surface area contributed by atoms with Crippen LogP contribution in [0.1, 0.15) is 89.2 Å². The van der Waals surface area contributed by atoms with Gasteiger partial charge in [0.1, 0.15) is 17.5 Å². The topological polar surface area (TPSA) is 194 Å². The molecule has 6 aliphatic heterocycles. The number of piperidine rings is 2. The van der Waals surface area contributed by atoms with Crippen LogP contribution >= 0.6 is 0 Å². The van der Waals surface area contributed by atoms with Crippen LogP contribution in [-0.4, -0.2) is 146 Å². The van der Waals surface area contributed by atoms with Gasteiger partial charge in [0.15, 0.2) is 12.0 Å². The molecule has 2 aromatic carbocycles. The number of pyridine rings is 1. The Labute approximate surface area is 395 Å². The number of anilines is 6. The Morgan fingerprint density at radius 2 is 1.62 bits per heavy atom. The number of hydrazine groups is 1. The molecule has 2 aromatic heterocycles.